The Morgan fingerprint density at radius 2 is 1.75 bits per heavy atom. The van der Waals surface area contributed by atoms with Crippen LogP contribution in [0.3, 0.4) is 0 Å². The van der Waals surface area contributed by atoms with Gasteiger partial charge in [0.05, 0.1) is 18.8 Å². The van der Waals surface area contributed by atoms with E-state index in [9.17, 15) is 4.79 Å². The van der Waals surface area contributed by atoms with Crippen LogP contribution >= 0.6 is 0 Å². The highest BCUT2D eigenvalue weighted by molar-refractivity contribution is 5.89. The summed E-state index contributed by atoms with van der Waals surface area (Å²) in [6.07, 6.45) is 2.41. The molecular formula is C12H16O4. The first-order chi connectivity index (χ1) is 7.84. The number of hydrogen-bond acceptors (Lipinski definition) is 4. The molecule has 0 aliphatic rings. The largest absolute Gasteiger partial charge is 0.462 e. The molecule has 0 aromatic heterocycles. The molecular weight excluding hydrogens is 208 g/mol. The Balaban J connectivity index is 2.12. The minimum Gasteiger partial charge on any atom is -0.462 e. The van der Waals surface area contributed by atoms with E-state index in [1.165, 1.54) is 0 Å². The summed E-state index contributed by atoms with van der Waals surface area (Å²) in [6.45, 7) is 0.728. The lowest BCUT2D eigenvalue weighted by Crippen LogP contribution is -2.06. The van der Waals surface area contributed by atoms with Gasteiger partial charge in [0.25, 0.3) is 0 Å². The van der Waals surface area contributed by atoms with Gasteiger partial charge in [0, 0.05) is 0 Å². The average molecular weight is 224 g/mol. The van der Waals surface area contributed by atoms with Crippen molar-refractivity contribution in [1.29, 1.82) is 0 Å². The van der Waals surface area contributed by atoms with Crippen molar-refractivity contribution < 1.29 is 19.7 Å². The molecule has 0 saturated heterocycles. The van der Waals surface area contributed by atoms with Crippen molar-refractivity contribution in [2.45, 2.75) is 19.3 Å². The van der Waals surface area contributed by atoms with Gasteiger partial charge in [-0.25, -0.2) is 9.68 Å². The molecule has 1 N–H and O–H groups in total. The van der Waals surface area contributed by atoms with E-state index in [4.69, 9.17) is 9.99 Å². The van der Waals surface area contributed by atoms with Crippen molar-refractivity contribution >= 4 is 5.97 Å². The predicted molar refractivity (Wildman–Crippen MR) is 59.2 cm³/mol. The first-order valence-corrected chi connectivity index (χ1v) is 5.33. The summed E-state index contributed by atoms with van der Waals surface area (Å²) >= 11 is 0. The van der Waals surface area contributed by atoms with E-state index in [-0.39, 0.29) is 5.97 Å². The summed E-state index contributed by atoms with van der Waals surface area (Å²) in [5, 5.41) is 8.07. The summed E-state index contributed by atoms with van der Waals surface area (Å²) in [7, 11) is 0. The maximum Gasteiger partial charge on any atom is 0.338 e. The van der Waals surface area contributed by atoms with E-state index >= 15 is 0 Å². The topological polar surface area (TPSA) is 55.8 Å². The highest BCUT2D eigenvalue weighted by Crippen LogP contribution is 2.02. The zero-order chi connectivity index (χ0) is 11.6. The molecule has 4 heteroatoms. The van der Waals surface area contributed by atoms with E-state index in [0.717, 1.165) is 19.3 Å². The number of rotatable bonds is 7. The zero-order valence-electron chi connectivity index (χ0n) is 9.09. The quantitative estimate of drug-likeness (QED) is 0.334. The maximum atomic E-state index is 11.4. The van der Waals surface area contributed by atoms with Crippen LogP contribution in [0.5, 0.6) is 0 Å². The van der Waals surface area contributed by atoms with E-state index < -0.39 is 0 Å². The van der Waals surface area contributed by atoms with Crippen LogP contribution in [0.1, 0.15) is 29.6 Å². The first-order valence-electron chi connectivity index (χ1n) is 5.33. The molecule has 0 fully saturated rings. The lowest BCUT2D eigenvalue weighted by atomic mass is 10.2. The molecule has 0 aliphatic carbocycles. The highest BCUT2D eigenvalue weighted by Gasteiger charge is 2.04. The third-order valence-corrected chi connectivity index (χ3v) is 2.12. The Labute approximate surface area is 94.7 Å². The predicted octanol–water partition coefficient (Wildman–Crippen LogP) is 2.50. The molecule has 0 spiro atoms. The van der Waals surface area contributed by atoms with Crippen molar-refractivity contribution in [3.63, 3.8) is 0 Å². The number of ether oxygens (including phenoxy) is 1. The number of esters is 1. The Morgan fingerprint density at radius 3 is 2.44 bits per heavy atom. The summed E-state index contributed by atoms with van der Waals surface area (Å²) in [5.41, 5.74) is 0.571. The average Bonchev–Trinajstić information content (AvgIpc) is 2.34. The summed E-state index contributed by atoms with van der Waals surface area (Å²) in [4.78, 5) is 15.4. The summed E-state index contributed by atoms with van der Waals surface area (Å²) in [6, 6.07) is 8.90. The fourth-order valence-corrected chi connectivity index (χ4v) is 1.27. The number of hydrogen-bond donors (Lipinski definition) is 1. The van der Waals surface area contributed by atoms with Gasteiger partial charge in [0.15, 0.2) is 0 Å². The third kappa shape index (κ3) is 4.91. The zero-order valence-corrected chi connectivity index (χ0v) is 9.09. The lowest BCUT2D eigenvalue weighted by molar-refractivity contribution is -0.242. The second kappa shape index (κ2) is 7.84. The van der Waals surface area contributed by atoms with Crippen LogP contribution in [0.25, 0.3) is 0 Å². The molecule has 4 nitrogen and oxygen atoms in total. The molecule has 0 heterocycles. The van der Waals surface area contributed by atoms with Crippen LogP contribution in [0.2, 0.25) is 0 Å². The molecule has 0 unspecified atom stereocenters. The molecule has 1 aromatic carbocycles. The fourth-order valence-electron chi connectivity index (χ4n) is 1.27. The van der Waals surface area contributed by atoms with Gasteiger partial charge in [-0.05, 0) is 31.4 Å². The van der Waals surface area contributed by atoms with Gasteiger partial charge in [-0.2, -0.15) is 0 Å². The van der Waals surface area contributed by atoms with Crippen LogP contribution in [-0.2, 0) is 9.62 Å². The van der Waals surface area contributed by atoms with Gasteiger partial charge < -0.3 is 4.74 Å². The minimum atomic E-state index is -0.293. The molecule has 0 aliphatic heterocycles. The molecule has 0 atom stereocenters. The van der Waals surface area contributed by atoms with Crippen molar-refractivity contribution in [3.8, 4) is 0 Å². The Morgan fingerprint density at radius 1 is 1.06 bits per heavy atom. The third-order valence-electron chi connectivity index (χ3n) is 2.12. The highest BCUT2D eigenvalue weighted by atomic mass is 17.1. The Bertz CT molecular complexity index is 297. The van der Waals surface area contributed by atoms with Gasteiger partial charge in [0.2, 0.25) is 0 Å². The van der Waals surface area contributed by atoms with Crippen molar-refractivity contribution in [2.24, 2.45) is 0 Å². The second-order valence-electron chi connectivity index (χ2n) is 3.40. The van der Waals surface area contributed by atoms with Crippen molar-refractivity contribution in [2.75, 3.05) is 13.2 Å². The Hall–Kier alpha value is -1.39. The van der Waals surface area contributed by atoms with Gasteiger partial charge >= 0.3 is 5.97 Å². The van der Waals surface area contributed by atoms with Crippen LogP contribution in [-0.4, -0.2) is 24.4 Å². The normalized spacial score (nSPS) is 10.1. The number of carbonyl (C=O) groups excluding carboxylic acids is 1. The fraction of sp³-hybridized carbons (Fsp3) is 0.417. The minimum absolute atomic E-state index is 0.293. The number of carbonyl (C=O) groups is 1. The number of unbranched alkanes of at least 4 members (excludes halogenated alkanes) is 2. The molecule has 16 heavy (non-hydrogen) atoms. The molecule has 0 amide bonds. The monoisotopic (exact) mass is 224 g/mol. The lowest BCUT2D eigenvalue weighted by Gasteiger charge is -2.04. The van der Waals surface area contributed by atoms with E-state index in [1.807, 2.05) is 6.07 Å². The molecule has 88 valence electrons. The Kier molecular flexibility index (Phi) is 6.22. The van der Waals surface area contributed by atoms with Gasteiger partial charge in [-0.3, -0.25) is 5.26 Å². The summed E-state index contributed by atoms with van der Waals surface area (Å²) < 4.78 is 5.07. The molecule has 0 saturated carbocycles. The van der Waals surface area contributed by atoms with Crippen LogP contribution < -0.4 is 0 Å². The van der Waals surface area contributed by atoms with E-state index in [2.05, 4.69) is 4.89 Å². The van der Waals surface area contributed by atoms with Crippen molar-refractivity contribution in [1.82, 2.24) is 0 Å². The van der Waals surface area contributed by atoms with E-state index in [0.29, 0.717) is 18.8 Å². The first kappa shape index (κ1) is 12.7. The van der Waals surface area contributed by atoms with Gasteiger partial charge in [0.1, 0.15) is 0 Å². The van der Waals surface area contributed by atoms with Gasteiger partial charge in [-0.1, -0.05) is 18.2 Å². The molecule has 1 aromatic rings. The second-order valence-corrected chi connectivity index (χ2v) is 3.40. The van der Waals surface area contributed by atoms with Crippen LogP contribution in [0, 0.1) is 0 Å². The van der Waals surface area contributed by atoms with Crippen LogP contribution in [0.15, 0.2) is 30.3 Å². The molecule has 1 rings (SSSR count). The number of benzene rings is 1. The SMILES string of the molecule is O=C(OCCCCCOO)c1ccccc1. The van der Waals surface area contributed by atoms with Crippen LogP contribution in [0.4, 0.5) is 0 Å². The van der Waals surface area contributed by atoms with Crippen molar-refractivity contribution in [3.05, 3.63) is 35.9 Å². The standard InChI is InChI=1S/C12H16O4/c13-12(11-7-3-1-4-8-11)15-9-5-2-6-10-16-14/h1,3-4,7-8,14H,2,5-6,9-10H2. The molecule has 0 radical (unpaired) electrons. The van der Waals surface area contributed by atoms with Gasteiger partial charge in [-0.15, -0.1) is 0 Å². The maximum absolute atomic E-state index is 11.4. The smallest absolute Gasteiger partial charge is 0.338 e. The summed E-state index contributed by atoms with van der Waals surface area (Å²) in [5.74, 6) is -0.293. The molecule has 0 bridgehead atoms. The van der Waals surface area contributed by atoms with E-state index in [1.54, 1.807) is 24.3 Å².